The molecule has 72 valence electrons. The van der Waals surface area contributed by atoms with Crippen molar-refractivity contribution >= 4 is 5.91 Å². The van der Waals surface area contributed by atoms with Crippen LogP contribution in [0.4, 0.5) is 0 Å². The van der Waals surface area contributed by atoms with Crippen molar-refractivity contribution in [1.82, 2.24) is 4.90 Å². The van der Waals surface area contributed by atoms with E-state index in [1.807, 2.05) is 0 Å². The standard InChI is InChI=1S/C10H16N2O/c1-2-3-6-12-7-4-9(5-8-12)10(11)13/h1,9H,3-8H2,(H2,11,13). The molecule has 0 saturated carbocycles. The highest BCUT2D eigenvalue weighted by Gasteiger charge is 2.22. The number of hydrogen-bond donors (Lipinski definition) is 1. The zero-order chi connectivity index (χ0) is 9.68. The molecule has 0 aromatic rings. The molecule has 1 amide bonds. The van der Waals surface area contributed by atoms with Crippen LogP contribution in [0.3, 0.4) is 0 Å². The molecule has 1 heterocycles. The van der Waals surface area contributed by atoms with Crippen molar-refractivity contribution in [3.8, 4) is 12.3 Å². The average Bonchev–Trinajstić information content (AvgIpc) is 2.15. The second-order valence-corrected chi connectivity index (χ2v) is 3.47. The Morgan fingerprint density at radius 1 is 1.54 bits per heavy atom. The molecule has 13 heavy (non-hydrogen) atoms. The van der Waals surface area contributed by atoms with Crippen LogP contribution in [0.15, 0.2) is 0 Å². The van der Waals surface area contributed by atoms with Crippen LogP contribution < -0.4 is 5.73 Å². The SMILES string of the molecule is C#CCCN1CCC(C(N)=O)CC1. The third-order valence-electron chi connectivity index (χ3n) is 2.56. The number of carbonyl (C=O) groups excluding carboxylic acids is 1. The van der Waals surface area contributed by atoms with Gasteiger partial charge in [-0.1, -0.05) is 0 Å². The van der Waals surface area contributed by atoms with Crippen molar-refractivity contribution in [3.63, 3.8) is 0 Å². The number of nitrogens with two attached hydrogens (primary N) is 1. The molecule has 0 radical (unpaired) electrons. The molecular formula is C10H16N2O. The molecule has 0 aromatic carbocycles. The summed E-state index contributed by atoms with van der Waals surface area (Å²) < 4.78 is 0. The van der Waals surface area contributed by atoms with Gasteiger partial charge in [0.2, 0.25) is 5.91 Å². The van der Waals surface area contributed by atoms with Gasteiger partial charge in [-0.2, -0.15) is 0 Å². The Labute approximate surface area is 79.3 Å². The minimum atomic E-state index is -0.156. The summed E-state index contributed by atoms with van der Waals surface area (Å²) in [5, 5.41) is 0. The summed E-state index contributed by atoms with van der Waals surface area (Å²) >= 11 is 0. The zero-order valence-corrected chi connectivity index (χ0v) is 7.83. The van der Waals surface area contributed by atoms with E-state index in [2.05, 4.69) is 10.8 Å². The molecule has 1 aliphatic heterocycles. The van der Waals surface area contributed by atoms with Gasteiger partial charge in [0.05, 0.1) is 0 Å². The fourth-order valence-electron chi connectivity index (χ4n) is 1.66. The number of hydrogen-bond acceptors (Lipinski definition) is 2. The van der Waals surface area contributed by atoms with Crippen LogP contribution in [-0.4, -0.2) is 30.4 Å². The quantitative estimate of drug-likeness (QED) is 0.631. The maximum Gasteiger partial charge on any atom is 0.220 e. The minimum Gasteiger partial charge on any atom is -0.369 e. The first kappa shape index (κ1) is 10.1. The molecule has 0 bridgehead atoms. The van der Waals surface area contributed by atoms with Crippen molar-refractivity contribution in [3.05, 3.63) is 0 Å². The fourth-order valence-corrected chi connectivity index (χ4v) is 1.66. The smallest absolute Gasteiger partial charge is 0.220 e. The first-order valence-electron chi connectivity index (χ1n) is 4.69. The Morgan fingerprint density at radius 3 is 2.62 bits per heavy atom. The monoisotopic (exact) mass is 180 g/mol. The number of primary amides is 1. The molecular weight excluding hydrogens is 164 g/mol. The molecule has 0 atom stereocenters. The Balaban J connectivity index is 2.23. The van der Waals surface area contributed by atoms with Gasteiger partial charge in [-0.25, -0.2) is 0 Å². The van der Waals surface area contributed by atoms with Crippen LogP contribution >= 0.6 is 0 Å². The van der Waals surface area contributed by atoms with Gasteiger partial charge in [0, 0.05) is 18.9 Å². The lowest BCUT2D eigenvalue weighted by Gasteiger charge is -2.29. The van der Waals surface area contributed by atoms with Gasteiger partial charge >= 0.3 is 0 Å². The first-order valence-corrected chi connectivity index (χ1v) is 4.69. The number of rotatable bonds is 3. The summed E-state index contributed by atoms with van der Waals surface area (Å²) in [6.45, 7) is 2.85. The number of terminal acetylenes is 1. The highest BCUT2D eigenvalue weighted by molar-refractivity contribution is 5.76. The predicted octanol–water partition coefficient (Wildman–Crippen LogP) is 0.207. The van der Waals surface area contributed by atoms with Crippen LogP contribution in [0.2, 0.25) is 0 Å². The van der Waals surface area contributed by atoms with Gasteiger partial charge in [0.15, 0.2) is 0 Å². The van der Waals surface area contributed by atoms with Crippen LogP contribution in [0.1, 0.15) is 19.3 Å². The van der Waals surface area contributed by atoms with E-state index in [9.17, 15) is 4.79 Å². The summed E-state index contributed by atoms with van der Waals surface area (Å²) in [6, 6.07) is 0. The van der Waals surface area contributed by atoms with Gasteiger partial charge in [-0.05, 0) is 25.9 Å². The number of carbonyl (C=O) groups is 1. The van der Waals surface area contributed by atoms with E-state index >= 15 is 0 Å². The van der Waals surface area contributed by atoms with Crippen LogP contribution in [0, 0.1) is 18.3 Å². The first-order chi connectivity index (χ1) is 6.24. The molecule has 1 saturated heterocycles. The van der Waals surface area contributed by atoms with E-state index in [-0.39, 0.29) is 11.8 Å². The molecule has 3 nitrogen and oxygen atoms in total. The van der Waals surface area contributed by atoms with Gasteiger partial charge in [0.25, 0.3) is 0 Å². The van der Waals surface area contributed by atoms with Gasteiger partial charge in [-0.15, -0.1) is 12.3 Å². The lowest BCUT2D eigenvalue weighted by molar-refractivity contribution is -0.123. The van der Waals surface area contributed by atoms with Crippen molar-refractivity contribution < 1.29 is 4.79 Å². The lowest BCUT2D eigenvalue weighted by Crippen LogP contribution is -2.38. The molecule has 1 aliphatic rings. The molecule has 1 rings (SSSR count). The average molecular weight is 180 g/mol. The van der Waals surface area contributed by atoms with Crippen molar-refractivity contribution in [1.29, 1.82) is 0 Å². The number of nitrogens with zero attached hydrogens (tertiary/aromatic N) is 1. The third-order valence-corrected chi connectivity index (χ3v) is 2.56. The summed E-state index contributed by atoms with van der Waals surface area (Å²) in [5.41, 5.74) is 5.22. The second kappa shape index (κ2) is 4.88. The molecule has 0 aromatic heterocycles. The Morgan fingerprint density at radius 2 is 2.15 bits per heavy atom. The van der Waals surface area contributed by atoms with E-state index in [4.69, 9.17) is 12.2 Å². The Kier molecular flexibility index (Phi) is 3.78. The molecule has 0 unspecified atom stereocenters. The van der Waals surface area contributed by atoms with E-state index in [0.717, 1.165) is 38.9 Å². The lowest BCUT2D eigenvalue weighted by atomic mass is 9.96. The highest BCUT2D eigenvalue weighted by Crippen LogP contribution is 2.16. The van der Waals surface area contributed by atoms with Crippen LogP contribution in [0.5, 0.6) is 0 Å². The van der Waals surface area contributed by atoms with E-state index in [1.165, 1.54) is 0 Å². The van der Waals surface area contributed by atoms with Crippen molar-refractivity contribution in [2.45, 2.75) is 19.3 Å². The topological polar surface area (TPSA) is 46.3 Å². The largest absolute Gasteiger partial charge is 0.369 e. The fraction of sp³-hybridized carbons (Fsp3) is 0.700. The van der Waals surface area contributed by atoms with Gasteiger partial charge < -0.3 is 10.6 Å². The van der Waals surface area contributed by atoms with E-state index in [1.54, 1.807) is 0 Å². The third kappa shape index (κ3) is 3.08. The molecule has 3 heteroatoms. The van der Waals surface area contributed by atoms with Crippen molar-refractivity contribution in [2.75, 3.05) is 19.6 Å². The molecule has 2 N–H and O–H groups in total. The van der Waals surface area contributed by atoms with Crippen LogP contribution in [0.25, 0.3) is 0 Å². The van der Waals surface area contributed by atoms with E-state index in [0.29, 0.717) is 0 Å². The summed E-state index contributed by atoms with van der Waals surface area (Å²) in [7, 11) is 0. The minimum absolute atomic E-state index is 0.0853. The molecule has 0 aliphatic carbocycles. The predicted molar refractivity (Wildman–Crippen MR) is 51.8 cm³/mol. The van der Waals surface area contributed by atoms with Gasteiger partial charge in [-0.3, -0.25) is 4.79 Å². The number of piperidine rings is 1. The van der Waals surface area contributed by atoms with Crippen molar-refractivity contribution in [2.24, 2.45) is 11.7 Å². The number of likely N-dealkylation sites (tertiary alicyclic amines) is 1. The maximum atomic E-state index is 10.8. The maximum absolute atomic E-state index is 10.8. The Hall–Kier alpha value is -1.01. The summed E-state index contributed by atoms with van der Waals surface area (Å²) in [4.78, 5) is 13.1. The summed E-state index contributed by atoms with van der Waals surface area (Å²) in [6.07, 6.45) is 7.74. The second-order valence-electron chi connectivity index (χ2n) is 3.47. The normalized spacial score (nSPS) is 19.6. The zero-order valence-electron chi connectivity index (χ0n) is 7.83. The summed E-state index contributed by atoms with van der Waals surface area (Å²) in [5.74, 6) is 2.55. The van der Waals surface area contributed by atoms with E-state index < -0.39 is 0 Å². The number of amides is 1. The van der Waals surface area contributed by atoms with Crippen LogP contribution in [-0.2, 0) is 4.79 Å². The van der Waals surface area contributed by atoms with Gasteiger partial charge in [0.1, 0.15) is 0 Å². The Bertz CT molecular complexity index is 211. The highest BCUT2D eigenvalue weighted by atomic mass is 16.1. The molecule has 0 spiro atoms. The molecule has 1 fully saturated rings.